The summed E-state index contributed by atoms with van der Waals surface area (Å²) in [5.74, 6) is 0.171. The van der Waals surface area contributed by atoms with Crippen molar-refractivity contribution in [3.8, 4) is 0 Å². The number of carbonyl (C=O) groups is 3. The van der Waals surface area contributed by atoms with Crippen LogP contribution in [0, 0.1) is 71.7 Å². The third-order valence-electron chi connectivity index (χ3n) is 11.9. The van der Waals surface area contributed by atoms with Crippen molar-refractivity contribution in [2.75, 3.05) is 27.4 Å². The van der Waals surface area contributed by atoms with Crippen molar-refractivity contribution in [2.24, 2.45) is 11.8 Å². The van der Waals surface area contributed by atoms with E-state index >= 15 is 0 Å². The molecule has 8 atom stereocenters. The first-order valence-electron chi connectivity index (χ1n) is 21.1. The zero-order valence-electron chi connectivity index (χ0n) is 37.1. The average Bonchev–Trinajstić information content (AvgIpc) is 4.00. The van der Waals surface area contributed by atoms with E-state index in [1.165, 1.54) is 129 Å². The van der Waals surface area contributed by atoms with Crippen molar-refractivity contribution >= 4 is 44.4 Å². The molecular weight excluding hydrogens is 1290 g/mol. The molecule has 0 N–H and O–H groups in total. The fraction of sp³-hybridized carbons (Fsp3) is 0.674. The Bertz CT molecular complexity index is 1290. The smallest absolute Gasteiger partial charge is 0.310 e. The maximum Gasteiger partial charge on any atom is 0.310 e. The standard InChI is InChI=1S/C16H26NP.C16H23O2P.2C5H10.C4H6O3.2Fe.2Np/c1-13(17(2)3)15-11-8-12-16(15)18(4)14-9-6-5-7-10-14;1-12(18-13(2)17)15-10-7-11-16(15)19(3)14-8-5-4-6-9-14;2*1-2-4-5-3-1;1-3(5)7-4(2)6;;;;/h5-7,9-10,13,15-16H,8,11-12H2,1-4H3;4-6,8-9,12,15-16H,7,10-11H2,1-3H3;2*1-5H2;1-2H3;;;;/p+2/t13-,15?,16?,18?;12-,15?,16?,19?;;;;;;;/m11......./s1. The van der Waals surface area contributed by atoms with Gasteiger partial charge in [-0.3, -0.25) is 14.4 Å². The second kappa shape index (κ2) is 37.3. The quantitative estimate of drug-likeness (QED) is 0.114. The van der Waals surface area contributed by atoms with Gasteiger partial charge in [0.2, 0.25) is 0 Å². The second-order valence-corrected chi connectivity index (χ2v) is 21.5. The van der Waals surface area contributed by atoms with Crippen molar-refractivity contribution in [2.45, 2.75) is 161 Å². The van der Waals surface area contributed by atoms with E-state index in [0.29, 0.717) is 5.92 Å². The summed E-state index contributed by atoms with van der Waals surface area (Å²) in [6, 6.07) is 22.8. The molecule has 4 aliphatic rings. The van der Waals surface area contributed by atoms with Gasteiger partial charge in [-0.2, -0.15) is 0 Å². The minimum Gasteiger partial charge on any atom is -0.462 e. The summed E-state index contributed by atoms with van der Waals surface area (Å²) in [5, 5.41) is 3.12. The van der Waals surface area contributed by atoms with Crippen molar-refractivity contribution in [3.05, 3.63) is 60.7 Å². The van der Waals surface area contributed by atoms with Crippen molar-refractivity contribution in [1.29, 1.82) is 0 Å². The topological polar surface area (TPSA) is 72.9 Å². The molecule has 4 aliphatic carbocycles. The second-order valence-electron chi connectivity index (χ2n) is 16.1. The molecule has 0 aliphatic heterocycles. The van der Waals surface area contributed by atoms with E-state index in [4.69, 9.17) is 4.74 Å². The van der Waals surface area contributed by atoms with Crippen LogP contribution < -0.4 is 10.6 Å². The van der Waals surface area contributed by atoms with E-state index < -0.39 is 27.8 Å². The Balaban J connectivity index is -0.000000712. The molecular formula is C46H77Fe2NNp2O5P2+2. The summed E-state index contributed by atoms with van der Waals surface area (Å²) in [4.78, 5) is 33.2. The molecule has 0 amide bonds. The van der Waals surface area contributed by atoms with Gasteiger partial charge < -0.3 is 14.4 Å². The summed E-state index contributed by atoms with van der Waals surface area (Å²) in [5.41, 5.74) is 1.68. The van der Waals surface area contributed by atoms with Crippen molar-refractivity contribution in [1.82, 2.24) is 4.90 Å². The van der Waals surface area contributed by atoms with Gasteiger partial charge in [-0.25, -0.2) is 0 Å². The summed E-state index contributed by atoms with van der Waals surface area (Å²) in [6.07, 6.45) is 23.1. The number of nitrogens with zero attached hydrogens (tertiary/aromatic N) is 1. The Labute approximate surface area is 423 Å². The molecule has 6 rings (SSSR count). The average molecular weight is 1370 g/mol. The molecule has 0 heterocycles. The van der Waals surface area contributed by atoms with Gasteiger partial charge in [0.25, 0.3) is 0 Å². The van der Waals surface area contributed by atoms with Gasteiger partial charge in [-0.15, -0.1) is 0 Å². The third kappa shape index (κ3) is 25.9. The maximum atomic E-state index is 11.1. The third-order valence-corrected chi connectivity index (χ3v) is 18.0. The predicted octanol–water partition coefficient (Wildman–Crippen LogP) is 10.5. The largest absolute Gasteiger partial charge is 0.462 e. The Morgan fingerprint density at radius 2 is 0.879 bits per heavy atom. The zero-order valence-corrected chi connectivity index (χ0v) is 48.8. The van der Waals surface area contributed by atoms with Crippen LogP contribution in [0.4, 0.5) is 0 Å². The van der Waals surface area contributed by atoms with Crippen LogP contribution in [-0.2, 0) is 58.0 Å². The summed E-state index contributed by atoms with van der Waals surface area (Å²) >= 11 is 0. The van der Waals surface area contributed by atoms with Crippen LogP contribution in [0.1, 0.15) is 137 Å². The predicted molar refractivity (Wildman–Crippen MR) is 236 cm³/mol. The minimum absolute atomic E-state index is 0. The first-order valence-corrected chi connectivity index (χ1v) is 25.3. The molecule has 12 heteroatoms. The number of carbonyl (C=O) groups excluding carboxylic acids is 3. The molecule has 330 valence electrons. The van der Waals surface area contributed by atoms with Crippen LogP contribution in [0.15, 0.2) is 60.7 Å². The molecule has 0 saturated heterocycles. The number of hydrogen-bond donors (Lipinski definition) is 0. The van der Waals surface area contributed by atoms with E-state index in [-0.39, 0.29) is 106 Å². The van der Waals surface area contributed by atoms with Gasteiger partial charge in [0.15, 0.2) is 0 Å². The van der Waals surface area contributed by atoms with Crippen LogP contribution in [0.5, 0.6) is 0 Å². The molecule has 4 fully saturated rings. The first kappa shape index (κ1) is 63.2. The van der Waals surface area contributed by atoms with Gasteiger partial charge in [0, 0.05) is 149 Å². The van der Waals surface area contributed by atoms with E-state index in [2.05, 4.69) is 112 Å². The van der Waals surface area contributed by atoms with Gasteiger partial charge >= 0.3 is 17.9 Å². The monoisotopic (exact) mass is 1370 g/mol. The molecule has 2 aromatic rings. The minimum atomic E-state index is -0.564. The maximum absolute atomic E-state index is 11.1. The van der Waals surface area contributed by atoms with Crippen LogP contribution in [0.3, 0.4) is 0 Å². The molecule has 0 aromatic heterocycles. The van der Waals surface area contributed by atoms with E-state index in [1.807, 2.05) is 0 Å². The van der Waals surface area contributed by atoms with Crippen LogP contribution >= 0.6 is 15.8 Å². The fourth-order valence-electron chi connectivity index (χ4n) is 8.72. The number of esters is 3. The SMILES string of the molecule is C1CCCC1.C1CCCC1.CC(=O)OC(C)=O.CC(=O)O[C@H](C)C1CCCC1[PH+](C)c1ccccc1.C[C@H](C1CCCC1[PH+](C)c1ccccc1)N(C)C.[Fe].[Fe].[Np].[Np]. The van der Waals surface area contributed by atoms with Gasteiger partial charge in [0.1, 0.15) is 6.10 Å². The Morgan fingerprint density at radius 1 is 0.552 bits per heavy atom. The number of hydrogen-bond acceptors (Lipinski definition) is 6. The molecule has 6 unspecified atom stereocenters. The normalized spacial score (nSPS) is 22.0. The molecule has 6 nitrogen and oxygen atoms in total. The summed E-state index contributed by atoms with van der Waals surface area (Å²) < 4.78 is 9.40. The van der Waals surface area contributed by atoms with E-state index in [0.717, 1.165) is 23.3 Å². The summed E-state index contributed by atoms with van der Waals surface area (Å²) in [6.45, 7) is 13.3. The van der Waals surface area contributed by atoms with Crippen LogP contribution in [0.25, 0.3) is 0 Å². The Hall–Kier alpha value is 0.935. The van der Waals surface area contributed by atoms with E-state index in [1.54, 1.807) is 5.30 Å². The molecule has 2 aromatic carbocycles. The van der Waals surface area contributed by atoms with Crippen molar-refractivity contribution in [3.63, 3.8) is 0 Å². The van der Waals surface area contributed by atoms with Gasteiger partial charge in [-0.05, 0) is 90.7 Å². The molecule has 0 bridgehead atoms. The Kier molecular flexibility index (Phi) is 40.7. The van der Waals surface area contributed by atoms with Crippen LogP contribution in [-0.4, -0.2) is 73.7 Å². The van der Waals surface area contributed by atoms with Gasteiger partial charge in [-0.1, -0.05) is 101 Å². The molecule has 58 heavy (non-hydrogen) atoms. The van der Waals surface area contributed by atoms with Crippen LogP contribution in [0.2, 0.25) is 0 Å². The van der Waals surface area contributed by atoms with Gasteiger partial charge in [0.05, 0.1) is 35.3 Å². The molecule has 2 radical (unpaired) electrons. The van der Waals surface area contributed by atoms with Crippen molar-refractivity contribution < 1.29 is 118 Å². The molecule has 0 spiro atoms. The Morgan fingerprint density at radius 3 is 1.17 bits per heavy atom. The number of rotatable bonds is 8. The summed E-state index contributed by atoms with van der Waals surface area (Å²) in [7, 11) is 3.49. The van der Waals surface area contributed by atoms with E-state index in [9.17, 15) is 14.4 Å². The first-order chi connectivity index (χ1) is 25.8. The number of ether oxygens (including phenoxy) is 2. The zero-order chi connectivity index (χ0) is 39.9. The molecule has 4 saturated carbocycles. The number of benzene rings is 2. The fourth-order valence-corrected chi connectivity index (χ4v) is 14.5.